The maximum atomic E-state index is 12.2. The molecule has 3 nitrogen and oxygen atoms in total. The summed E-state index contributed by atoms with van der Waals surface area (Å²) in [5.74, 6) is 1.41. The summed E-state index contributed by atoms with van der Waals surface area (Å²) in [4.78, 5) is 12.2. The summed E-state index contributed by atoms with van der Waals surface area (Å²) in [6.07, 6.45) is 6.49. The Morgan fingerprint density at radius 2 is 2.17 bits per heavy atom. The Hall–Kier alpha value is -1.77. The first-order chi connectivity index (χ1) is 8.65. The van der Waals surface area contributed by atoms with Crippen molar-refractivity contribution < 1.29 is 9.90 Å². The van der Waals surface area contributed by atoms with Crippen molar-refractivity contribution in [2.24, 2.45) is 17.8 Å². The number of allylic oxidation sites excluding steroid dienone is 2. The van der Waals surface area contributed by atoms with Crippen molar-refractivity contribution in [3.8, 4) is 5.75 Å². The summed E-state index contributed by atoms with van der Waals surface area (Å²) < 4.78 is 0. The molecule has 1 aromatic carbocycles. The standard InChI is InChI=1S/C15H17NO2/c1-9-13(3-2-4-14(9)17)16-15(18)12-8-10-5-6-11(12)7-10/h2-6,10-12,17H,7-8H2,1H3,(H,16,18). The zero-order chi connectivity index (χ0) is 12.7. The Morgan fingerprint density at radius 3 is 2.83 bits per heavy atom. The van der Waals surface area contributed by atoms with Crippen molar-refractivity contribution in [1.82, 2.24) is 0 Å². The molecule has 0 saturated heterocycles. The molecule has 2 aliphatic rings. The topological polar surface area (TPSA) is 49.3 Å². The van der Waals surface area contributed by atoms with Crippen molar-refractivity contribution in [2.75, 3.05) is 5.32 Å². The number of hydrogen-bond donors (Lipinski definition) is 2. The maximum absolute atomic E-state index is 12.2. The summed E-state index contributed by atoms with van der Waals surface area (Å²) in [5.41, 5.74) is 1.44. The van der Waals surface area contributed by atoms with Gasteiger partial charge in [0.2, 0.25) is 5.91 Å². The van der Waals surface area contributed by atoms with Crippen LogP contribution in [0.25, 0.3) is 0 Å². The quantitative estimate of drug-likeness (QED) is 0.785. The van der Waals surface area contributed by atoms with Gasteiger partial charge in [-0.3, -0.25) is 4.79 Å². The van der Waals surface area contributed by atoms with Crippen LogP contribution in [0.4, 0.5) is 5.69 Å². The van der Waals surface area contributed by atoms with Crippen LogP contribution in [0.15, 0.2) is 30.4 Å². The van der Waals surface area contributed by atoms with Gasteiger partial charge in [-0.1, -0.05) is 18.2 Å². The second-order valence-electron chi connectivity index (χ2n) is 5.33. The zero-order valence-corrected chi connectivity index (χ0v) is 10.4. The number of fused-ring (bicyclic) bond motifs is 2. The average Bonchev–Trinajstić information content (AvgIpc) is 2.97. The fourth-order valence-electron chi connectivity index (χ4n) is 3.07. The fourth-order valence-corrected chi connectivity index (χ4v) is 3.07. The van der Waals surface area contributed by atoms with E-state index in [0.717, 1.165) is 18.4 Å². The third-order valence-electron chi connectivity index (χ3n) is 4.18. The van der Waals surface area contributed by atoms with Crippen molar-refractivity contribution in [2.45, 2.75) is 19.8 Å². The van der Waals surface area contributed by atoms with Crippen LogP contribution in [0, 0.1) is 24.7 Å². The number of hydrogen-bond acceptors (Lipinski definition) is 2. The minimum atomic E-state index is 0.0838. The number of anilines is 1. The Morgan fingerprint density at radius 1 is 1.33 bits per heavy atom. The van der Waals surface area contributed by atoms with E-state index < -0.39 is 0 Å². The van der Waals surface area contributed by atoms with Crippen molar-refractivity contribution >= 4 is 11.6 Å². The second-order valence-corrected chi connectivity index (χ2v) is 5.33. The molecular weight excluding hydrogens is 226 g/mol. The molecule has 2 aliphatic carbocycles. The van der Waals surface area contributed by atoms with Gasteiger partial charge in [-0.15, -0.1) is 0 Å². The van der Waals surface area contributed by atoms with Crippen LogP contribution >= 0.6 is 0 Å². The lowest BCUT2D eigenvalue weighted by Gasteiger charge is -2.18. The van der Waals surface area contributed by atoms with Crippen molar-refractivity contribution in [3.05, 3.63) is 35.9 Å². The summed E-state index contributed by atoms with van der Waals surface area (Å²) in [5, 5.41) is 12.6. The van der Waals surface area contributed by atoms with Crippen LogP contribution < -0.4 is 5.32 Å². The van der Waals surface area contributed by atoms with Crippen LogP contribution in [-0.4, -0.2) is 11.0 Å². The molecule has 18 heavy (non-hydrogen) atoms. The molecule has 1 aromatic rings. The van der Waals surface area contributed by atoms with Crippen LogP contribution in [0.3, 0.4) is 0 Å². The largest absolute Gasteiger partial charge is 0.508 e. The number of phenolic OH excluding ortho intramolecular Hbond substituents is 1. The first-order valence-electron chi connectivity index (χ1n) is 6.43. The number of carbonyl (C=O) groups is 1. The van der Waals surface area contributed by atoms with E-state index in [4.69, 9.17) is 0 Å². The molecule has 3 heteroatoms. The highest BCUT2D eigenvalue weighted by Gasteiger charge is 2.39. The third-order valence-corrected chi connectivity index (χ3v) is 4.18. The smallest absolute Gasteiger partial charge is 0.228 e. The molecule has 3 atom stereocenters. The number of phenols is 1. The van der Waals surface area contributed by atoms with Crippen molar-refractivity contribution in [3.63, 3.8) is 0 Å². The minimum absolute atomic E-state index is 0.0838. The number of aromatic hydroxyl groups is 1. The van der Waals surface area contributed by atoms with E-state index in [1.807, 2.05) is 13.0 Å². The number of benzene rings is 1. The van der Waals surface area contributed by atoms with Gasteiger partial charge in [0.05, 0.1) is 0 Å². The zero-order valence-electron chi connectivity index (χ0n) is 10.4. The summed E-state index contributed by atoms with van der Waals surface area (Å²) in [6, 6.07) is 5.21. The van der Waals surface area contributed by atoms with Gasteiger partial charge < -0.3 is 10.4 Å². The van der Waals surface area contributed by atoms with Crippen molar-refractivity contribution in [1.29, 1.82) is 0 Å². The van der Waals surface area contributed by atoms with Crippen LogP contribution in [0.5, 0.6) is 5.75 Å². The fraction of sp³-hybridized carbons (Fsp3) is 0.400. The normalized spacial score (nSPS) is 28.6. The predicted molar refractivity (Wildman–Crippen MR) is 70.3 cm³/mol. The SMILES string of the molecule is Cc1c(O)cccc1NC(=O)C1CC2C=CC1C2. The molecule has 0 radical (unpaired) electrons. The molecule has 1 amide bonds. The number of rotatable bonds is 2. The Kier molecular flexibility index (Phi) is 2.62. The lowest BCUT2D eigenvalue weighted by Crippen LogP contribution is -2.26. The monoisotopic (exact) mass is 243 g/mol. The molecule has 3 unspecified atom stereocenters. The summed E-state index contributed by atoms with van der Waals surface area (Å²) in [7, 11) is 0. The van der Waals surface area contributed by atoms with Gasteiger partial charge in [0, 0.05) is 17.2 Å². The Bertz CT molecular complexity index is 521. The molecule has 3 rings (SSSR count). The molecule has 2 bridgehead atoms. The molecule has 0 aromatic heterocycles. The van der Waals surface area contributed by atoms with Gasteiger partial charge in [-0.05, 0) is 43.7 Å². The highest BCUT2D eigenvalue weighted by molar-refractivity contribution is 5.94. The van der Waals surface area contributed by atoms with E-state index in [1.165, 1.54) is 0 Å². The third kappa shape index (κ3) is 1.80. The van der Waals surface area contributed by atoms with Gasteiger partial charge in [-0.2, -0.15) is 0 Å². The van der Waals surface area contributed by atoms with E-state index in [-0.39, 0.29) is 17.6 Å². The molecule has 2 N–H and O–H groups in total. The molecule has 0 aliphatic heterocycles. The minimum Gasteiger partial charge on any atom is -0.508 e. The van der Waals surface area contributed by atoms with Gasteiger partial charge >= 0.3 is 0 Å². The lowest BCUT2D eigenvalue weighted by atomic mass is 9.92. The molecule has 0 heterocycles. The predicted octanol–water partition coefficient (Wildman–Crippen LogP) is 2.85. The lowest BCUT2D eigenvalue weighted by molar-refractivity contribution is -0.120. The van der Waals surface area contributed by atoms with Gasteiger partial charge in [-0.25, -0.2) is 0 Å². The Balaban J connectivity index is 1.75. The average molecular weight is 243 g/mol. The summed E-state index contributed by atoms with van der Waals surface area (Å²) in [6.45, 7) is 1.81. The first kappa shape index (κ1) is 11.3. The molecule has 1 fully saturated rings. The first-order valence-corrected chi connectivity index (χ1v) is 6.43. The summed E-state index contributed by atoms with van der Waals surface area (Å²) >= 11 is 0. The maximum Gasteiger partial charge on any atom is 0.228 e. The Labute approximate surface area is 107 Å². The molecular formula is C15H17NO2. The highest BCUT2D eigenvalue weighted by Crippen LogP contribution is 2.43. The molecule has 94 valence electrons. The van der Waals surface area contributed by atoms with E-state index >= 15 is 0 Å². The number of amides is 1. The second kappa shape index (κ2) is 4.16. The molecule has 1 saturated carbocycles. The van der Waals surface area contributed by atoms with Gasteiger partial charge in [0.15, 0.2) is 0 Å². The van der Waals surface area contributed by atoms with Crippen LogP contribution in [0.1, 0.15) is 18.4 Å². The van der Waals surface area contributed by atoms with E-state index in [2.05, 4.69) is 17.5 Å². The van der Waals surface area contributed by atoms with E-state index in [1.54, 1.807) is 12.1 Å². The van der Waals surface area contributed by atoms with Gasteiger partial charge in [0.1, 0.15) is 5.75 Å². The number of carbonyl (C=O) groups excluding carboxylic acids is 1. The van der Waals surface area contributed by atoms with E-state index in [9.17, 15) is 9.90 Å². The van der Waals surface area contributed by atoms with E-state index in [0.29, 0.717) is 17.5 Å². The van der Waals surface area contributed by atoms with Gasteiger partial charge in [0.25, 0.3) is 0 Å². The number of nitrogens with one attached hydrogen (secondary N) is 1. The molecule has 0 spiro atoms. The highest BCUT2D eigenvalue weighted by atomic mass is 16.3. The van der Waals surface area contributed by atoms with Crippen LogP contribution in [-0.2, 0) is 4.79 Å². The van der Waals surface area contributed by atoms with Crippen LogP contribution in [0.2, 0.25) is 0 Å².